The molecule has 0 aliphatic carbocycles. The molecule has 2 amide bonds. The summed E-state index contributed by atoms with van der Waals surface area (Å²) < 4.78 is 29.7. The number of ether oxygens (including phenoxy) is 1. The minimum absolute atomic E-state index is 0.0673. The van der Waals surface area contributed by atoms with Crippen LogP contribution in [0, 0.1) is 13.8 Å². The van der Waals surface area contributed by atoms with Crippen molar-refractivity contribution in [3.8, 4) is 5.75 Å². The largest absolute Gasteiger partial charge is 0.433 e. The maximum Gasteiger partial charge on any atom is 0.387 e. The lowest BCUT2D eigenvalue weighted by atomic mass is 10.1. The van der Waals surface area contributed by atoms with Crippen LogP contribution in [0.15, 0.2) is 42.5 Å². The molecule has 0 bridgehead atoms. The van der Waals surface area contributed by atoms with Gasteiger partial charge in [0.15, 0.2) is 0 Å². The van der Waals surface area contributed by atoms with Gasteiger partial charge in [-0.1, -0.05) is 30.3 Å². The Balaban J connectivity index is 1.49. The zero-order valence-electron chi connectivity index (χ0n) is 19.1. The summed E-state index contributed by atoms with van der Waals surface area (Å²) in [7, 11) is 0. The zero-order chi connectivity index (χ0) is 24.0. The monoisotopic (exact) mass is 460 g/mol. The van der Waals surface area contributed by atoms with Gasteiger partial charge in [0.25, 0.3) is 0 Å². The van der Waals surface area contributed by atoms with Crippen molar-refractivity contribution in [2.75, 3.05) is 43.4 Å². The maximum atomic E-state index is 12.7. The Bertz CT molecular complexity index is 958. The predicted molar refractivity (Wildman–Crippen MR) is 124 cm³/mol. The normalized spacial score (nSPS) is 15.8. The minimum Gasteiger partial charge on any atom is -0.433 e. The molecular weight excluding hydrogens is 430 g/mol. The summed E-state index contributed by atoms with van der Waals surface area (Å²) in [6.45, 7) is 5.51. The molecule has 0 spiro atoms. The number of carbonyl (C=O) groups is 2. The van der Waals surface area contributed by atoms with Crippen molar-refractivity contribution in [1.29, 1.82) is 0 Å². The Morgan fingerprint density at radius 3 is 2.24 bits per heavy atom. The van der Waals surface area contributed by atoms with E-state index in [1.165, 1.54) is 12.1 Å². The Morgan fingerprint density at radius 1 is 0.970 bits per heavy atom. The first-order valence-corrected chi connectivity index (χ1v) is 10.9. The molecule has 0 radical (unpaired) electrons. The number of piperazine rings is 1. The van der Waals surface area contributed by atoms with Crippen LogP contribution >= 0.6 is 0 Å². The van der Waals surface area contributed by atoms with Gasteiger partial charge in [0.2, 0.25) is 11.8 Å². The number of halogens is 2. The fourth-order valence-corrected chi connectivity index (χ4v) is 3.87. The lowest BCUT2D eigenvalue weighted by Crippen LogP contribution is -2.53. The first-order valence-electron chi connectivity index (χ1n) is 10.9. The second-order valence-electron chi connectivity index (χ2n) is 8.17. The number of anilines is 2. The van der Waals surface area contributed by atoms with Crippen LogP contribution in [0.4, 0.5) is 20.2 Å². The van der Waals surface area contributed by atoms with E-state index in [0.717, 1.165) is 16.8 Å². The molecule has 0 aromatic heterocycles. The average Bonchev–Trinajstić information content (AvgIpc) is 2.77. The number of benzene rings is 2. The molecule has 1 atom stereocenters. The fourth-order valence-electron chi connectivity index (χ4n) is 3.87. The van der Waals surface area contributed by atoms with Crippen molar-refractivity contribution in [3.63, 3.8) is 0 Å². The number of hydrogen-bond donors (Lipinski definition) is 2. The van der Waals surface area contributed by atoms with Crippen LogP contribution < -0.4 is 15.4 Å². The van der Waals surface area contributed by atoms with E-state index >= 15 is 0 Å². The molecular formula is C24H30F2N4O3. The highest BCUT2D eigenvalue weighted by molar-refractivity contribution is 5.96. The second kappa shape index (κ2) is 11.2. The van der Waals surface area contributed by atoms with E-state index in [4.69, 9.17) is 0 Å². The summed E-state index contributed by atoms with van der Waals surface area (Å²) in [5.74, 6) is -0.448. The lowest BCUT2D eigenvalue weighted by Gasteiger charge is -2.37. The van der Waals surface area contributed by atoms with Crippen LogP contribution in [0.5, 0.6) is 5.75 Å². The minimum atomic E-state index is -2.97. The van der Waals surface area contributed by atoms with Crippen molar-refractivity contribution in [2.24, 2.45) is 0 Å². The van der Waals surface area contributed by atoms with Gasteiger partial charge in [0.1, 0.15) is 5.75 Å². The number of para-hydroxylation sites is 3. The molecule has 9 heteroatoms. The summed E-state index contributed by atoms with van der Waals surface area (Å²) >= 11 is 0. The number of hydrogen-bond acceptors (Lipinski definition) is 5. The smallest absolute Gasteiger partial charge is 0.387 e. The van der Waals surface area contributed by atoms with Crippen molar-refractivity contribution < 1.29 is 23.1 Å². The Morgan fingerprint density at radius 2 is 1.61 bits per heavy atom. The fraction of sp³-hybridized carbons (Fsp3) is 0.417. The van der Waals surface area contributed by atoms with E-state index in [9.17, 15) is 18.4 Å². The lowest BCUT2D eigenvalue weighted by molar-refractivity contribution is -0.122. The molecule has 1 heterocycles. The summed E-state index contributed by atoms with van der Waals surface area (Å²) in [5.41, 5.74) is 3.10. The van der Waals surface area contributed by atoms with E-state index in [1.54, 1.807) is 19.1 Å². The Labute approximate surface area is 192 Å². The molecule has 1 aliphatic rings. The van der Waals surface area contributed by atoms with Crippen molar-refractivity contribution >= 4 is 23.2 Å². The van der Waals surface area contributed by atoms with Gasteiger partial charge in [-0.2, -0.15) is 8.78 Å². The van der Waals surface area contributed by atoms with Gasteiger partial charge in [-0.15, -0.1) is 0 Å². The third-order valence-electron chi connectivity index (χ3n) is 5.81. The first kappa shape index (κ1) is 24.6. The third kappa shape index (κ3) is 6.72. The van der Waals surface area contributed by atoms with Crippen LogP contribution in [0.3, 0.4) is 0 Å². The molecule has 3 rings (SSSR count). The molecule has 1 aliphatic heterocycles. The number of nitrogens with one attached hydrogen (secondary N) is 2. The molecule has 2 N–H and O–H groups in total. The van der Waals surface area contributed by atoms with Crippen LogP contribution in [0.2, 0.25) is 0 Å². The molecule has 33 heavy (non-hydrogen) atoms. The summed E-state index contributed by atoms with van der Waals surface area (Å²) in [6.07, 6.45) is 0. The summed E-state index contributed by atoms with van der Waals surface area (Å²) in [4.78, 5) is 29.3. The number of aryl methyl sites for hydroxylation is 2. The topological polar surface area (TPSA) is 73.9 Å². The van der Waals surface area contributed by atoms with Gasteiger partial charge in [-0.05, 0) is 44.0 Å². The number of carbonyl (C=O) groups excluding carboxylic acids is 2. The van der Waals surface area contributed by atoms with E-state index in [0.29, 0.717) is 26.2 Å². The molecule has 1 saturated heterocycles. The summed E-state index contributed by atoms with van der Waals surface area (Å²) in [6, 6.07) is 11.5. The van der Waals surface area contributed by atoms with Crippen LogP contribution in [-0.4, -0.2) is 67.0 Å². The zero-order valence-corrected chi connectivity index (χ0v) is 19.1. The van der Waals surface area contributed by atoms with E-state index in [-0.39, 0.29) is 29.8 Å². The van der Waals surface area contributed by atoms with Gasteiger partial charge in [-0.25, -0.2) is 0 Å². The molecule has 2 aromatic carbocycles. The molecule has 7 nitrogen and oxygen atoms in total. The number of alkyl halides is 2. The van der Waals surface area contributed by atoms with Gasteiger partial charge < -0.3 is 15.4 Å². The maximum absolute atomic E-state index is 12.7. The molecule has 1 fully saturated rings. The van der Waals surface area contributed by atoms with E-state index in [2.05, 4.69) is 20.3 Å². The number of nitrogens with zero attached hydrogens (tertiary/aromatic N) is 2. The van der Waals surface area contributed by atoms with Crippen LogP contribution in [0.1, 0.15) is 18.1 Å². The van der Waals surface area contributed by atoms with Gasteiger partial charge in [-0.3, -0.25) is 19.4 Å². The van der Waals surface area contributed by atoms with Crippen molar-refractivity contribution in [2.45, 2.75) is 33.4 Å². The van der Waals surface area contributed by atoms with E-state index < -0.39 is 12.7 Å². The van der Waals surface area contributed by atoms with Crippen LogP contribution in [0.25, 0.3) is 0 Å². The third-order valence-corrected chi connectivity index (χ3v) is 5.81. The first-order chi connectivity index (χ1) is 15.7. The summed E-state index contributed by atoms with van der Waals surface area (Å²) in [5, 5.41) is 5.68. The van der Waals surface area contributed by atoms with Gasteiger partial charge in [0, 0.05) is 31.9 Å². The SMILES string of the molecule is Cc1cccc(C)c1NC(=O)CN1CCN(C(C)C(=O)Nc2ccccc2OC(F)F)CC1. The van der Waals surface area contributed by atoms with E-state index in [1.807, 2.05) is 36.9 Å². The Kier molecular flexibility index (Phi) is 8.35. The second-order valence-corrected chi connectivity index (χ2v) is 8.17. The van der Waals surface area contributed by atoms with Gasteiger partial charge >= 0.3 is 6.61 Å². The highest BCUT2D eigenvalue weighted by atomic mass is 19.3. The quantitative estimate of drug-likeness (QED) is 0.631. The van der Waals surface area contributed by atoms with Crippen molar-refractivity contribution in [1.82, 2.24) is 9.80 Å². The molecule has 1 unspecified atom stereocenters. The number of amides is 2. The predicted octanol–water partition coefficient (Wildman–Crippen LogP) is 3.49. The van der Waals surface area contributed by atoms with Gasteiger partial charge in [0.05, 0.1) is 18.3 Å². The molecule has 178 valence electrons. The Hall–Kier alpha value is -3.04. The standard InChI is InChI=1S/C24H30F2N4O3/c1-16-7-6-8-17(2)22(16)28-21(31)15-29-11-13-30(14-12-29)18(3)23(32)27-19-9-4-5-10-20(19)33-24(25)26/h4-10,18,24H,11-15H2,1-3H3,(H,27,32)(H,28,31). The van der Waals surface area contributed by atoms with Crippen LogP contribution in [-0.2, 0) is 9.59 Å². The molecule has 0 saturated carbocycles. The number of rotatable bonds is 8. The highest BCUT2D eigenvalue weighted by Crippen LogP contribution is 2.26. The average molecular weight is 461 g/mol. The molecule has 2 aromatic rings. The van der Waals surface area contributed by atoms with Crippen molar-refractivity contribution in [3.05, 3.63) is 53.6 Å². The highest BCUT2D eigenvalue weighted by Gasteiger charge is 2.27.